The topological polar surface area (TPSA) is 38.7 Å². The van der Waals surface area contributed by atoms with E-state index in [4.69, 9.17) is 9.47 Å². The first-order valence-corrected chi connectivity index (χ1v) is 6.48. The van der Waals surface area contributed by atoms with Crippen LogP contribution in [0, 0.1) is 5.41 Å². The molecule has 1 N–H and O–H groups in total. The Balaban J connectivity index is 2.61. The average Bonchev–Trinajstić information content (AvgIpc) is 2.33. The lowest BCUT2D eigenvalue weighted by Gasteiger charge is -2.26. The summed E-state index contributed by atoms with van der Waals surface area (Å²) in [5.41, 5.74) is -0.181. The molecule has 0 aromatic heterocycles. The first-order valence-electron chi connectivity index (χ1n) is 6.48. The number of hydrogen-bond donors (Lipinski definition) is 1. The van der Waals surface area contributed by atoms with Crippen molar-refractivity contribution in [1.29, 1.82) is 0 Å². The predicted octanol–water partition coefficient (Wildman–Crippen LogP) is 3.26. The Morgan fingerprint density at radius 1 is 1.11 bits per heavy atom. The van der Waals surface area contributed by atoms with E-state index in [0.29, 0.717) is 12.4 Å². The second kappa shape index (κ2) is 6.64. The second-order valence-corrected chi connectivity index (χ2v) is 5.49. The van der Waals surface area contributed by atoms with Crippen LogP contribution in [0.4, 0.5) is 0 Å². The summed E-state index contributed by atoms with van der Waals surface area (Å²) < 4.78 is 11.2. The molecule has 0 bridgehead atoms. The SMILES string of the molecule is CCCOc1ccccc1OCC(O)C(C)(C)C. The molecular weight excluding hydrogens is 228 g/mol. The van der Waals surface area contributed by atoms with Gasteiger partial charge in [-0.3, -0.25) is 0 Å². The van der Waals surface area contributed by atoms with Gasteiger partial charge in [0.1, 0.15) is 6.61 Å². The van der Waals surface area contributed by atoms with E-state index in [1.165, 1.54) is 0 Å². The summed E-state index contributed by atoms with van der Waals surface area (Å²) in [6.45, 7) is 8.96. The monoisotopic (exact) mass is 252 g/mol. The van der Waals surface area contributed by atoms with Crippen molar-refractivity contribution in [2.24, 2.45) is 5.41 Å². The zero-order valence-electron chi connectivity index (χ0n) is 11.8. The van der Waals surface area contributed by atoms with Crippen LogP contribution < -0.4 is 9.47 Å². The molecule has 0 saturated carbocycles. The zero-order chi connectivity index (χ0) is 13.6. The zero-order valence-corrected chi connectivity index (χ0v) is 11.8. The minimum Gasteiger partial charge on any atom is -0.490 e. The fourth-order valence-electron chi connectivity index (χ4n) is 1.32. The van der Waals surface area contributed by atoms with Crippen LogP contribution in [0.1, 0.15) is 34.1 Å². The maximum atomic E-state index is 9.95. The van der Waals surface area contributed by atoms with Gasteiger partial charge in [0.05, 0.1) is 12.7 Å². The van der Waals surface area contributed by atoms with Crippen molar-refractivity contribution in [3.63, 3.8) is 0 Å². The molecule has 0 aliphatic heterocycles. The van der Waals surface area contributed by atoms with E-state index in [1.807, 2.05) is 45.0 Å². The molecule has 1 aromatic carbocycles. The molecule has 0 heterocycles. The number of hydrogen-bond acceptors (Lipinski definition) is 3. The van der Waals surface area contributed by atoms with Crippen molar-refractivity contribution in [3.05, 3.63) is 24.3 Å². The lowest BCUT2D eigenvalue weighted by atomic mass is 9.90. The summed E-state index contributed by atoms with van der Waals surface area (Å²) in [5.74, 6) is 1.43. The van der Waals surface area contributed by atoms with Gasteiger partial charge in [0.15, 0.2) is 11.5 Å². The fraction of sp³-hybridized carbons (Fsp3) is 0.600. The quantitative estimate of drug-likeness (QED) is 0.844. The van der Waals surface area contributed by atoms with Crippen LogP contribution in [0.25, 0.3) is 0 Å². The second-order valence-electron chi connectivity index (χ2n) is 5.49. The van der Waals surface area contributed by atoms with Crippen LogP contribution in [0.15, 0.2) is 24.3 Å². The van der Waals surface area contributed by atoms with Crippen molar-refractivity contribution >= 4 is 0 Å². The van der Waals surface area contributed by atoms with Crippen LogP contribution in [0.5, 0.6) is 11.5 Å². The molecule has 3 heteroatoms. The highest BCUT2D eigenvalue weighted by Gasteiger charge is 2.23. The van der Waals surface area contributed by atoms with E-state index >= 15 is 0 Å². The first-order chi connectivity index (χ1) is 8.45. The Morgan fingerprint density at radius 3 is 2.17 bits per heavy atom. The van der Waals surface area contributed by atoms with Gasteiger partial charge >= 0.3 is 0 Å². The number of aliphatic hydroxyl groups excluding tert-OH is 1. The molecule has 0 aliphatic rings. The van der Waals surface area contributed by atoms with Gasteiger partial charge in [-0.1, -0.05) is 39.8 Å². The maximum Gasteiger partial charge on any atom is 0.161 e. The van der Waals surface area contributed by atoms with Gasteiger partial charge < -0.3 is 14.6 Å². The summed E-state index contributed by atoms with van der Waals surface area (Å²) in [5, 5.41) is 9.95. The van der Waals surface area contributed by atoms with E-state index < -0.39 is 6.10 Å². The molecule has 0 aliphatic carbocycles. The Morgan fingerprint density at radius 2 is 1.67 bits per heavy atom. The van der Waals surface area contributed by atoms with Crippen LogP contribution in [0.3, 0.4) is 0 Å². The third-order valence-corrected chi connectivity index (χ3v) is 2.71. The predicted molar refractivity (Wildman–Crippen MR) is 73.2 cm³/mol. The van der Waals surface area contributed by atoms with Crippen LogP contribution in [-0.2, 0) is 0 Å². The molecule has 0 saturated heterocycles. The first kappa shape index (κ1) is 14.8. The van der Waals surface area contributed by atoms with Gasteiger partial charge in [-0.25, -0.2) is 0 Å². The number of benzene rings is 1. The number of aliphatic hydroxyl groups is 1. The number of rotatable bonds is 6. The summed E-state index contributed by atoms with van der Waals surface area (Å²) >= 11 is 0. The molecule has 0 spiro atoms. The van der Waals surface area contributed by atoms with E-state index in [-0.39, 0.29) is 12.0 Å². The smallest absolute Gasteiger partial charge is 0.161 e. The maximum absolute atomic E-state index is 9.95. The van der Waals surface area contributed by atoms with Crippen molar-refractivity contribution in [1.82, 2.24) is 0 Å². The van der Waals surface area contributed by atoms with Gasteiger partial charge in [-0.15, -0.1) is 0 Å². The minimum absolute atomic E-state index is 0.181. The van der Waals surface area contributed by atoms with Crippen molar-refractivity contribution in [3.8, 4) is 11.5 Å². The molecule has 1 rings (SSSR count). The third-order valence-electron chi connectivity index (χ3n) is 2.71. The molecule has 1 unspecified atom stereocenters. The number of para-hydroxylation sites is 2. The summed E-state index contributed by atoms with van der Waals surface area (Å²) in [6.07, 6.45) is 0.454. The minimum atomic E-state index is -0.503. The normalized spacial score (nSPS) is 13.2. The molecular formula is C15H24O3. The summed E-state index contributed by atoms with van der Waals surface area (Å²) in [4.78, 5) is 0. The van der Waals surface area contributed by atoms with Gasteiger partial charge in [0, 0.05) is 0 Å². The standard InChI is InChI=1S/C15H24O3/c1-5-10-17-12-8-6-7-9-13(12)18-11-14(16)15(2,3)4/h6-9,14,16H,5,10-11H2,1-4H3. The van der Waals surface area contributed by atoms with Crippen molar-refractivity contribution in [2.75, 3.05) is 13.2 Å². The Hall–Kier alpha value is -1.22. The number of ether oxygens (including phenoxy) is 2. The van der Waals surface area contributed by atoms with E-state index in [0.717, 1.165) is 12.2 Å². The Bertz CT molecular complexity index is 355. The molecule has 3 nitrogen and oxygen atoms in total. The highest BCUT2D eigenvalue weighted by molar-refractivity contribution is 5.39. The molecule has 1 atom stereocenters. The van der Waals surface area contributed by atoms with Gasteiger partial charge in [-0.2, -0.15) is 0 Å². The lowest BCUT2D eigenvalue weighted by Crippen LogP contribution is -2.32. The largest absolute Gasteiger partial charge is 0.490 e. The van der Waals surface area contributed by atoms with Crippen LogP contribution >= 0.6 is 0 Å². The van der Waals surface area contributed by atoms with E-state index in [9.17, 15) is 5.11 Å². The third kappa shape index (κ3) is 4.57. The summed E-state index contributed by atoms with van der Waals surface area (Å²) in [7, 11) is 0. The molecule has 18 heavy (non-hydrogen) atoms. The van der Waals surface area contributed by atoms with Crippen molar-refractivity contribution < 1.29 is 14.6 Å². The Labute approximate surface area is 110 Å². The molecule has 0 fully saturated rings. The Kier molecular flexibility index (Phi) is 5.48. The molecule has 0 radical (unpaired) electrons. The summed E-state index contributed by atoms with van der Waals surface area (Å²) in [6, 6.07) is 7.56. The van der Waals surface area contributed by atoms with E-state index in [2.05, 4.69) is 6.92 Å². The molecule has 1 aromatic rings. The van der Waals surface area contributed by atoms with Crippen LogP contribution in [0.2, 0.25) is 0 Å². The van der Waals surface area contributed by atoms with Gasteiger partial charge in [0.2, 0.25) is 0 Å². The highest BCUT2D eigenvalue weighted by atomic mass is 16.5. The van der Waals surface area contributed by atoms with Crippen molar-refractivity contribution in [2.45, 2.75) is 40.2 Å². The molecule has 0 amide bonds. The van der Waals surface area contributed by atoms with Crippen LogP contribution in [-0.4, -0.2) is 24.4 Å². The highest BCUT2D eigenvalue weighted by Crippen LogP contribution is 2.28. The fourth-order valence-corrected chi connectivity index (χ4v) is 1.32. The van der Waals surface area contributed by atoms with E-state index in [1.54, 1.807) is 0 Å². The lowest BCUT2D eigenvalue weighted by molar-refractivity contribution is 0.0209. The molecule has 102 valence electrons. The average molecular weight is 252 g/mol. The van der Waals surface area contributed by atoms with Gasteiger partial charge in [0.25, 0.3) is 0 Å². The van der Waals surface area contributed by atoms with Gasteiger partial charge in [-0.05, 0) is 24.0 Å².